The number of hydrogen-bond donors (Lipinski definition) is 0. The zero-order valence-corrected chi connectivity index (χ0v) is 17.0. The van der Waals surface area contributed by atoms with Crippen LogP contribution in [0.25, 0.3) is 24.3 Å². The van der Waals surface area contributed by atoms with Crippen LogP contribution in [0.2, 0.25) is 0 Å². The highest BCUT2D eigenvalue weighted by molar-refractivity contribution is 5.66. The summed E-state index contributed by atoms with van der Waals surface area (Å²) in [5.74, 6) is 0. The lowest BCUT2D eigenvalue weighted by atomic mass is 10.1. The molecule has 0 N–H and O–H groups in total. The van der Waals surface area contributed by atoms with Gasteiger partial charge in [-0.25, -0.2) is 0 Å². The maximum absolute atomic E-state index is 2.13. The lowest BCUT2D eigenvalue weighted by Gasteiger charge is -1.99. The predicted molar refractivity (Wildman–Crippen MR) is 134 cm³/mol. The fraction of sp³-hybridized carbons (Fsp3) is 0. The Balaban J connectivity index is 1.54. The zero-order valence-electron chi connectivity index (χ0n) is 17.0. The molecule has 0 aliphatic heterocycles. The molecule has 3 aromatic carbocycles. The van der Waals surface area contributed by atoms with Crippen LogP contribution in [-0.2, 0) is 0 Å². The summed E-state index contributed by atoms with van der Waals surface area (Å²) < 4.78 is 0. The molecule has 0 nitrogen and oxygen atoms in total. The molecule has 3 aromatic rings. The van der Waals surface area contributed by atoms with E-state index in [9.17, 15) is 0 Å². The molecule has 0 saturated heterocycles. The molecule has 0 radical (unpaired) electrons. The number of benzene rings is 3. The standard InChI is InChI=1S/C30H26/c1(7-17-27-19-9-5-10-20-27)3-13-23-29-25-15-16-26-30(29)24-14-4-2-8-18-28-21-11-6-12-22-28/h1-26H/b3-1+,4-2+,17-7+,18-8+,23-13+,24-14+. The summed E-state index contributed by atoms with van der Waals surface area (Å²) in [6.07, 6.45) is 24.9. The summed E-state index contributed by atoms with van der Waals surface area (Å²) in [7, 11) is 0. The third-order valence-electron chi connectivity index (χ3n) is 4.39. The molecule has 0 fully saturated rings. The van der Waals surface area contributed by atoms with Crippen molar-refractivity contribution < 1.29 is 0 Å². The van der Waals surface area contributed by atoms with Gasteiger partial charge in [0.2, 0.25) is 0 Å². The third kappa shape index (κ3) is 7.61. The monoisotopic (exact) mass is 386 g/mol. The van der Waals surface area contributed by atoms with Crippen LogP contribution in [0.5, 0.6) is 0 Å². The Bertz CT molecular complexity index is 971. The zero-order chi connectivity index (χ0) is 20.7. The first kappa shape index (κ1) is 20.8. The molecule has 0 spiro atoms. The van der Waals surface area contributed by atoms with Crippen LogP contribution in [0.1, 0.15) is 22.3 Å². The van der Waals surface area contributed by atoms with Crippen LogP contribution < -0.4 is 0 Å². The lowest BCUT2D eigenvalue weighted by molar-refractivity contribution is 1.61. The molecular formula is C30H26. The van der Waals surface area contributed by atoms with Crippen molar-refractivity contribution in [2.75, 3.05) is 0 Å². The second-order valence-electron chi connectivity index (χ2n) is 6.66. The topological polar surface area (TPSA) is 0 Å². The third-order valence-corrected chi connectivity index (χ3v) is 4.39. The molecule has 0 heterocycles. The Morgan fingerprint density at radius 1 is 0.300 bits per heavy atom. The van der Waals surface area contributed by atoms with Crippen LogP contribution in [-0.4, -0.2) is 0 Å². The normalized spacial score (nSPS) is 12.5. The molecule has 0 bridgehead atoms. The molecule has 0 atom stereocenters. The lowest BCUT2D eigenvalue weighted by Crippen LogP contribution is -1.78. The summed E-state index contributed by atoms with van der Waals surface area (Å²) in [5, 5.41) is 0. The van der Waals surface area contributed by atoms with E-state index in [1.54, 1.807) is 0 Å². The van der Waals surface area contributed by atoms with Gasteiger partial charge in [-0.05, 0) is 22.3 Å². The maximum Gasteiger partial charge on any atom is -0.0184 e. The average molecular weight is 387 g/mol. The van der Waals surface area contributed by atoms with E-state index in [4.69, 9.17) is 0 Å². The van der Waals surface area contributed by atoms with Gasteiger partial charge >= 0.3 is 0 Å². The van der Waals surface area contributed by atoms with E-state index >= 15 is 0 Å². The fourth-order valence-electron chi connectivity index (χ4n) is 2.85. The van der Waals surface area contributed by atoms with Gasteiger partial charge in [0, 0.05) is 0 Å². The molecule has 0 saturated carbocycles. The Kier molecular flexibility index (Phi) is 8.70. The quantitative estimate of drug-likeness (QED) is 0.342. The largest absolute Gasteiger partial charge is 0.0622 e. The summed E-state index contributed by atoms with van der Waals surface area (Å²) in [6.45, 7) is 0. The maximum atomic E-state index is 2.13. The van der Waals surface area contributed by atoms with E-state index in [0.29, 0.717) is 0 Å². The van der Waals surface area contributed by atoms with E-state index < -0.39 is 0 Å². The Labute approximate surface area is 180 Å². The van der Waals surface area contributed by atoms with Crippen molar-refractivity contribution in [3.63, 3.8) is 0 Å². The van der Waals surface area contributed by atoms with Crippen molar-refractivity contribution in [1.82, 2.24) is 0 Å². The van der Waals surface area contributed by atoms with Crippen LogP contribution in [0.15, 0.2) is 134 Å². The molecule has 0 unspecified atom stereocenters. The molecule has 0 aliphatic carbocycles. The van der Waals surface area contributed by atoms with Gasteiger partial charge in [0.25, 0.3) is 0 Å². The van der Waals surface area contributed by atoms with Crippen molar-refractivity contribution in [2.45, 2.75) is 0 Å². The van der Waals surface area contributed by atoms with Gasteiger partial charge in [0.05, 0.1) is 0 Å². The minimum absolute atomic E-state index is 1.19. The number of allylic oxidation sites excluding steroid dienone is 8. The Morgan fingerprint density at radius 3 is 1.03 bits per heavy atom. The smallest absolute Gasteiger partial charge is 0.0184 e. The number of hydrogen-bond acceptors (Lipinski definition) is 0. The minimum atomic E-state index is 1.19. The van der Waals surface area contributed by atoms with Crippen LogP contribution in [0.3, 0.4) is 0 Å². The summed E-state index contributed by atoms with van der Waals surface area (Å²) in [6, 6.07) is 29.0. The molecule has 146 valence electrons. The van der Waals surface area contributed by atoms with Crippen LogP contribution >= 0.6 is 0 Å². The molecule has 0 aliphatic rings. The van der Waals surface area contributed by atoms with Gasteiger partial charge in [0.1, 0.15) is 0 Å². The van der Waals surface area contributed by atoms with E-state index in [1.807, 2.05) is 60.7 Å². The van der Waals surface area contributed by atoms with Crippen molar-refractivity contribution in [3.05, 3.63) is 156 Å². The van der Waals surface area contributed by atoms with Gasteiger partial charge in [-0.1, -0.05) is 158 Å². The van der Waals surface area contributed by atoms with Gasteiger partial charge < -0.3 is 0 Å². The van der Waals surface area contributed by atoms with Gasteiger partial charge in [0.15, 0.2) is 0 Å². The first-order valence-electron chi connectivity index (χ1n) is 10.1. The Morgan fingerprint density at radius 2 is 0.633 bits per heavy atom. The van der Waals surface area contributed by atoms with E-state index in [-0.39, 0.29) is 0 Å². The highest BCUT2D eigenvalue weighted by Crippen LogP contribution is 2.13. The van der Waals surface area contributed by atoms with E-state index in [2.05, 4.69) is 97.1 Å². The highest BCUT2D eigenvalue weighted by atomic mass is 14.0. The fourth-order valence-corrected chi connectivity index (χ4v) is 2.85. The van der Waals surface area contributed by atoms with Crippen molar-refractivity contribution >= 4 is 24.3 Å². The SMILES string of the molecule is C(=C\C=C\c1ccccc1/C=C/C=C/C=C/c1ccccc1)/C=C/c1ccccc1. The van der Waals surface area contributed by atoms with Gasteiger partial charge in [-0.2, -0.15) is 0 Å². The summed E-state index contributed by atoms with van der Waals surface area (Å²) in [4.78, 5) is 0. The first-order valence-corrected chi connectivity index (χ1v) is 10.1. The molecular weight excluding hydrogens is 360 g/mol. The molecule has 0 heteroatoms. The van der Waals surface area contributed by atoms with Crippen molar-refractivity contribution in [3.8, 4) is 0 Å². The van der Waals surface area contributed by atoms with Crippen LogP contribution in [0, 0.1) is 0 Å². The molecule has 0 amide bonds. The first-order chi connectivity index (χ1) is 14.9. The van der Waals surface area contributed by atoms with Crippen molar-refractivity contribution in [1.29, 1.82) is 0 Å². The minimum Gasteiger partial charge on any atom is -0.0622 e. The average Bonchev–Trinajstić information content (AvgIpc) is 2.80. The van der Waals surface area contributed by atoms with Crippen LogP contribution in [0.4, 0.5) is 0 Å². The second kappa shape index (κ2) is 12.5. The second-order valence-corrected chi connectivity index (χ2v) is 6.66. The van der Waals surface area contributed by atoms with Gasteiger partial charge in [-0.15, -0.1) is 0 Å². The predicted octanol–water partition coefficient (Wildman–Crippen LogP) is 8.25. The van der Waals surface area contributed by atoms with E-state index in [1.165, 1.54) is 22.3 Å². The summed E-state index contributed by atoms with van der Waals surface area (Å²) in [5.41, 5.74) is 4.79. The molecule has 30 heavy (non-hydrogen) atoms. The summed E-state index contributed by atoms with van der Waals surface area (Å²) >= 11 is 0. The van der Waals surface area contributed by atoms with Gasteiger partial charge in [-0.3, -0.25) is 0 Å². The van der Waals surface area contributed by atoms with E-state index in [0.717, 1.165) is 0 Å². The number of rotatable bonds is 8. The Hall–Kier alpha value is -3.90. The molecule has 3 rings (SSSR count). The highest BCUT2D eigenvalue weighted by Gasteiger charge is 1.92. The van der Waals surface area contributed by atoms with Crippen molar-refractivity contribution in [2.24, 2.45) is 0 Å². The molecule has 0 aromatic heterocycles.